The van der Waals surface area contributed by atoms with Crippen LogP contribution in [0.15, 0.2) is 0 Å². The van der Waals surface area contributed by atoms with Gasteiger partial charge in [-0.15, -0.1) is 0 Å². The summed E-state index contributed by atoms with van der Waals surface area (Å²) in [6.45, 7) is 12.7. The number of hydrogen-bond acceptors (Lipinski definition) is 3. The Morgan fingerprint density at radius 1 is 1.12 bits per heavy atom. The van der Waals surface area contributed by atoms with Crippen molar-refractivity contribution in [2.45, 2.75) is 45.7 Å². The molecule has 0 aromatic rings. The van der Waals surface area contributed by atoms with Crippen molar-refractivity contribution in [2.75, 3.05) is 25.9 Å². The standard InChI is InChI=1S/C11H24N2O2S/c1-10(2,3)12-7-8-13(16(6,14)15)11(4,5)9-12/h7-9H2,1-6H3. The molecule has 1 rings (SSSR count). The molecule has 5 heteroatoms. The smallest absolute Gasteiger partial charge is 0.211 e. The van der Waals surface area contributed by atoms with Gasteiger partial charge in [0.25, 0.3) is 0 Å². The lowest BCUT2D eigenvalue weighted by Crippen LogP contribution is -2.64. The van der Waals surface area contributed by atoms with Gasteiger partial charge in [0.2, 0.25) is 10.0 Å². The Kier molecular flexibility index (Phi) is 3.45. The lowest BCUT2D eigenvalue weighted by atomic mass is 9.96. The first-order valence-electron chi connectivity index (χ1n) is 5.67. The van der Waals surface area contributed by atoms with E-state index in [1.165, 1.54) is 6.26 Å². The largest absolute Gasteiger partial charge is 0.295 e. The van der Waals surface area contributed by atoms with E-state index in [4.69, 9.17) is 0 Å². The molecule has 0 saturated carbocycles. The molecule has 16 heavy (non-hydrogen) atoms. The Morgan fingerprint density at radius 2 is 1.62 bits per heavy atom. The van der Waals surface area contributed by atoms with Crippen LogP contribution in [0.5, 0.6) is 0 Å². The molecule has 0 atom stereocenters. The van der Waals surface area contributed by atoms with Crippen molar-refractivity contribution in [1.29, 1.82) is 0 Å². The summed E-state index contributed by atoms with van der Waals surface area (Å²) in [5.41, 5.74) is -0.222. The first-order valence-corrected chi connectivity index (χ1v) is 7.52. The predicted octanol–water partition coefficient (Wildman–Crippen LogP) is 1.14. The highest BCUT2D eigenvalue weighted by Crippen LogP contribution is 2.27. The molecule has 0 N–H and O–H groups in total. The van der Waals surface area contributed by atoms with Crippen LogP contribution in [0.3, 0.4) is 0 Å². The van der Waals surface area contributed by atoms with Crippen molar-refractivity contribution in [3.05, 3.63) is 0 Å². The Balaban J connectivity index is 2.90. The highest BCUT2D eigenvalue weighted by molar-refractivity contribution is 7.88. The van der Waals surface area contributed by atoms with Crippen LogP contribution < -0.4 is 0 Å². The van der Waals surface area contributed by atoms with Crippen molar-refractivity contribution in [3.63, 3.8) is 0 Å². The first kappa shape index (κ1) is 13.9. The maximum Gasteiger partial charge on any atom is 0.211 e. The van der Waals surface area contributed by atoms with Crippen molar-refractivity contribution in [3.8, 4) is 0 Å². The van der Waals surface area contributed by atoms with E-state index in [2.05, 4.69) is 25.7 Å². The van der Waals surface area contributed by atoms with Gasteiger partial charge >= 0.3 is 0 Å². The van der Waals surface area contributed by atoms with Gasteiger partial charge in [0.05, 0.1) is 6.26 Å². The fourth-order valence-corrected chi connectivity index (χ4v) is 3.70. The second kappa shape index (κ2) is 3.96. The molecule has 0 spiro atoms. The Hall–Kier alpha value is -0.130. The SMILES string of the molecule is CC(C)(C)N1CCN(S(C)(=O)=O)C(C)(C)C1. The number of sulfonamides is 1. The molecule has 0 unspecified atom stereocenters. The molecule has 0 amide bonds. The van der Waals surface area contributed by atoms with Gasteiger partial charge in [-0.3, -0.25) is 4.90 Å². The zero-order valence-corrected chi connectivity index (χ0v) is 12.1. The van der Waals surface area contributed by atoms with Crippen LogP contribution in [-0.2, 0) is 10.0 Å². The lowest BCUT2D eigenvalue weighted by Gasteiger charge is -2.50. The summed E-state index contributed by atoms with van der Waals surface area (Å²) in [6, 6.07) is 0. The summed E-state index contributed by atoms with van der Waals surface area (Å²) in [5, 5.41) is 0. The van der Waals surface area contributed by atoms with E-state index in [0.717, 1.165) is 13.1 Å². The van der Waals surface area contributed by atoms with E-state index in [1.54, 1.807) is 4.31 Å². The summed E-state index contributed by atoms with van der Waals surface area (Å²) >= 11 is 0. The molecular weight excluding hydrogens is 224 g/mol. The minimum absolute atomic E-state index is 0.0981. The maximum atomic E-state index is 11.7. The quantitative estimate of drug-likeness (QED) is 0.699. The summed E-state index contributed by atoms with van der Waals surface area (Å²) in [7, 11) is -3.10. The fraction of sp³-hybridized carbons (Fsp3) is 1.00. The monoisotopic (exact) mass is 248 g/mol. The molecule has 96 valence electrons. The summed E-state index contributed by atoms with van der Waals surface area (Å²) in [4.78, 5) is 2.34. The molecule has 0 aromatic carbocycles. The molecule has 1 fully saturated rings. The van der Waals surface area contributed by atoms with Gasteiger partial charge in [-0.1, -0.05) is 0 Å². The summed E-state index contributed by atoms with van der Waals surface area (Å²) in [6.07, 6.45) is 1.29. The number of piperazine rings is 1. The zero-order valence-electron chi connectivity index (χ0n) is 11.2. The van der Waals surface area contributed by atoms with Crippen molar-refractivity contribution < 1.29 is 8.42 Å². The topological polar surface area (TPSA) is 40.6 Å². The van der Waals surface area contributed by atoms with E-state index in [-0.39, 0.29) is 11.1 Å². The van der Waals surface area contributed by atoms with Gasteiger partial charge in [0, 0.05) is 30.7 Å². The molecule has 0 aliphatic carbocycles. The fourth-order valence-electron chi connectivity index (χ4n) is 2.33. The van der Waals surface area contributed by atoms with Gasteiger partial charge in [0.15, 0.2) is 0 Å². The van der Waals surface area contributed by atoms with Crippen LogP contribution in [-0.4, -0.2) is 54.6 Å². The maximum absolute atomic E-state index is 11.7. The van der Waals surface area contributed by atoms with Crippen LogP contribution in [0.25, 0.3) is 0 Å². The molecule has 0 radical (unpaired) electrons. The first-order chi connectivity index (χ1) is 6.94. The van der Waals surface area contributed by atoms with E-state index < -0.39 is 10.0 Å². The summed E-state index contributed by atoms with van der Waals surface area (Å²) in [5.74, 6) is 0. The second-order valence-corrected chi connectivity index (χ2v) is 8.15. The van der Waals surface area contributed by atoms with Gasteiger partial charge in [-0.05, 0) is 34.6 Å². The second-order valence-electron chi connectivity index (χ2n) is 6.24. The molecule has 0 aromatic heterocycles. The van der Waals surface area contributed by atoms with Gasteiger partial charge in [0.1, 0.15) is 0 Å². The minimum Gasteiger partial charge on any atom is -0.295 e. The van der Waals surface area contributed by atoms with Gasteiger partial charge in [-0.25, -0.2) is 8.42 Å². The van der Waals surface area contributed by atoms with Crippen LogP contribution in [0.4, 0.5) is 0 Å². The number of hydrogen-bond donors (Lipinski definition) is 0. The summed E-state index contributed by atoms with van der Waals surface area (Å²) < 4.78 is 24.9. The highest BCUT2D eigenvalue weighted by Gasteiger charge is 2.41. The van der Waals surface area contributed by atoms with Crippen LogP contribution in [0.2, 0.25) is 0 Å². The molecule has 4 nitrogen and oxygen atoms in total. The minimum atomic E-state index is -3.10. The average Bonchev–Trinajstić information content (AvgIpc) is 1.97. The van der Waals surface area contributed by atoms with Crippen LogP contribution in [0.1, 0.15) is 34.6 Å². The predicted molar refractivity (Wildman–Crippen MR) is 67.0 cm³/mol. The highest BCUT2D eigenvalue weighted by atomic mass is 32.2. The van der Waals surface area contributed by atoms with Gasteiger partial charge < -0.3 is 0 Å². The van der Waals surface area contributed by atoms with E-state index in [0.29, 0.717) is 6.54 Å². The van der Waals surface area contributed by atoms with E-state index in [1.807, 2.05) is 13.8 Å². The Bertz CT molecular complexity index is 355. The third kappa shape index (κ3) is 2.96. The van der Waals surface area contributed by atoms with E-state index >= 15 is 0 Å². The van der Waals surface area contributed by atoms with Crippen molar-refractivity contribution >= 4 is 10.0 Å². The third-order valence-electron chi connectivity index (χ3n) is 3.17. The normalized spacial score (nSPS) is 24.6. The number of nitrogens with zero attached hydrogens (tertiary/aromatic N) is 2. The zero-order chi connectivity index (χ0) is 12.8. The van der Waals surface area contributed by atoms with E-state index in [9.17, 15) is 8.42 Å². The molecule has 0 bridgehead atoms. The average molecular weight is 248 g/mol. The molecule has 1 heterocycles. The Labute approximate surface area is 99.7 Å². The molecule has 1 saturated heterocycles. The third-order valence-corrected chi connectivity index (χ3v) is 4.65. The molecule has 1 aliphatic rings. The molecule has 1 aliphatic heterocycles. The molecular formula is C11H24N2O2S. The number of rotatable bonds is 1. The van der Waals surface area contributed by atoms with Crippen LogP contribution in [0, 0.1) is 0 Å². The Morgan fingerprint density at radius 3 is 1.94 bits per heavy atom. The van der Waals surface area contributed by atoms with Crippen molar-refractivity contribution in [2.24, 2.45) is 0 Å². The van der Waals surface area contributed by atoms with Crippen molar-refractivity contribution in [1.82, 2.24) is 9.21 Å². The van der Waals surface area contributed by atoms with Gasteiger partial charge in [-0.2, -0.15) is 4.31 Å². The lowest BCUT2D eigenvalue weighted by molar-refractivity contribution is 0.0237. The van der Waals surface area contributed by atoms with Crippen LogP contribution >= 0.6 is 0 Å².